The topological polar surface area (TPSA) is 122 Å². The summed E-state index contributed by atoms with van der Waals surface area (Å²) in [6.07, 6.45) is 7.93. The first-order valence-corrected chi connectivity index (χ1v) is 17.4. The van der Waals surface area contributed by atoms with E-state index in [9.17, 15) is 27.9 Å². The number of carboxylic acids is 1. The zero-order valence-corrected chi connectivity index (χ0v) is 27.9. The van der Waals surface area contributed by atoms with Crippen molar-refractivity contribution in [3.63, 3.8) is 0 Å². The van der Waals surface area contributed by atoms with E-state index in [1.54, 1.807) is 0 Å². The predicted molar refractivity (Wildman–Crippen MR) is 183 cm³/mol. The average molecular weight is 687 g/mol. The molecule has 1 aromatic heterocycles. The van der Waals surface area contributed by atoms with E-state index in [0.717, 1.165) is 43.5 Å². The lowest BCUT2D eigenvalue weighted by molar-refractivity contribution is -0.144. The summed E-state index contributed by atoms with van der Waals surface area (Å²) in [7, 11) is 0. The second-order valence-corrected chi connectivity index (χ2v) is 14.2. The highest BCUT2D eigenvalue weighted by Gasteiger charge is 2.38. The number of aliphatic carboxylic acids is 1. The Balaban J connectivity index is 0.000000169. The van der Waals surface area contributed by atoms with Crippen molar-refractivity contribution < 1.29 is 32.4 Å². The van der Waals surface area contributed by atoms with Gasteiger partial charge in [-0.3, -0.25) is 9.59 Å². The van der Waals surface area contributed by atoms with Crippen LogP contribution in [-0.4, -0.2) is 52.7 Å². The standard InChI is InChI=1S/C20H20F3N3O4.C19H21N/c21-11-5-13(22)18(14(23)6-11)17-7-16(25-30-17)19(27)24-15-3-4-26(8-10-1-2-10)9-12(15)20(28)29;1-12(13-6-4-7-13)15-9-10-17-16-8-3-2-5-14(16)11-18(17)19(15)20/h5-7,10,12,15H,1-4,8-9H2,(H,24,27)(H,28,29);2-3,5,8-10,12-13H,4,6-7,11,20H2,1H3/t12-,15-;12-/m11/s1. The lowest BCUT2D eigenvalue weighted by Crippen LogP contribution is -2.53. The molecule has 3 aromatic carbocycles. The summed E-state index contributed by atoms with van der Waals surface area (Å²) < 4.78 is 45.8. The highest BCUT2D eigenvalue weighted by atomic mass is 19.1. The third kappa shape index (κ3) is 6.88. The van der Waals surface area contributed by atoms with Crippen LogP contribution in [0.25, 0.3) is 22.5 Å². The summed E-state index contributed by atoms with van der Waals surface area (Å²) in [5, 5.41) is 15.7. The number of carboxylic acid groups (broad SMARTS) is 1. The Kier molecular flexibility index (Phi) is 9.43. The Morgan fingerprint density at radius 1 is 1.02 bits per heavy atom. The molecule has 4 aliphatic rings. The number of hydrogen-bond acceptors (Lipinski definition) is 6. The molecule has 2 saturated carbocycles. The maximum absolute atomic E-state index is 13.9. The Morgan fingerprint density at radius 2 is 1.76 bits per heavy atom. The van der Waals surface area contributed by atoms with Gasteiger partial charge < -0.3 is 25.6 Å². The lowest BCUT2D eigenvalue weighted by atomic mass is 9.73. The molecule has 3 fully saturated rings. The second-order valence-electron chi connectivity index (χ2n) is 14.2. The largest absolute Gasteiger partial charge is 0.481 e. The molecule has 1 saturated heterocycles. The highest BCUT2D eigenvalue weighted by Crippen LogP contribution is 2.46. The van der Waals surface area contributed by atoms with E-state index in [-0.39, 0.29) is 11.5 Å². The summed E-state index contributed by atoms with van der Waals surface area (Å²) in [6.45, 7) is 4.23. The number of likely N-dealkylation sites (tertiary alicyclic amines) is 1. The monoisotopic (exact) mass is 686 g/mol. The minimum atomic E-state index is -1.19. The predicted octanol–water partition coefficient (Wildman–Crippen LogP) is 7.42. The van der Waals surface area contributed by atoms with Crippen LogP contribution in [0.3, 0.4) is 0 Å². The molecule has 1 amide bonds. The summed E-state index contributed by atoms with van der Waals surface area (Å²) in [6, 6.07) is 14.7. The van der Waals surface area contributed by atoms with Crippen molar-refractivity contribution in [1.82, 2.24) is 15.4 Å². The highest BCUT2D eigenvalue weighted by molar-refractivity contribution is 5.93. The molecule has 3 aliphatic carbocycles. The van der Waals surface area contributed by atoms with E-state index in [1.807, 2.05) is 0 Å². The number of anilines is 1. The molecule has 50 heavy (non-hydrogen) atoms. The Hall–Kier alpha value is -4.64. The molecular formula is C39H41F3N4O4. The summed E-state index contributed by atoms with van der Waals surface area (Å²) in [5.41, 5.74) is 13.6. The minimum absolute atomic E-state index is 0.252. The average Bonchev–Trinajstić information content (AvgIpc) is 3.58. The molecular weight excluding hydrogens is 645 g/mol. The number of halogens is 3. The maximum Gasteiger partial charge on any atom is 0.309 e. The number of benzene rings is 3. The number of carbonyl (C=O) groups is 2. The summed E-state index contributed by atoms with van der Waals surface area (Å²) in [5.74, 6) is -4.24. The molecule has 1 aliphatic heterocycles. The normalized spacial score (nSPS) is 20.6. The maximum atomic E-state index is 13.9. The molecule has 0 unspecified atom stereocenters. The molecule has 2 heterocycles. The van der Waals surface area contributed by atoms with Gasteiger partial charge in [0.2, 0.25) is 0 Å². The summed E-state index contributed by atoms with van der Waals surface area (Å²) in [4.78, 5) is 26.3. The van der Waals surface area contributed by atoms with Crippen LogP contribution < -0.4 is 11.1 Å². The van der Waals surface area contributed by atoms with E-state index in [2.05, 4.69) is 58.7 Å². The molecule has 8 nitrogen and oxygen atoms in total. The number of hydrogen-bond donors (Lipinski definition) is 3. The molecule has 8 rings (SSSR count). The van der Waals surface area contributed by atoms with Gasteiger partial charge in [0.15, 0.2) is 11.5 Å². The molecule has 0 bridgehead atoms. The van der Waals surface area contributed by atoms with Gasteiger partial charge in [0.25, 0.3) is 5.91 Å². The zero-order chi connectivity index (χ0) is 35.1. The van der Waals surface area contributed by atoms with Crippen LogP contribution in [0.1, 0.15) is 78.5 Å². The second kappa shape index (κ2) is 13.9. The van der Waals surface area contributed by atoms with Gasteiger partial charge in [-0.25, -0.2) is 13.2 Å². The third-order valence-corrected chi connectivity index (χ3v) is 11.0. The van der Waals surface area contributed by atoms with Crippen molar-refractivity contribution in [3.05, 3.63) is 94.4 Å². The van der Waals surface area contributed by atoms with Crippen molar-refractivity contribution in [1.29, 1.82) is 0 Å². The van der Waals surface area contributed by atoms with Crippen molar-refractivity contribution in [2.24, 2.45) is 17.8 Å². The van der Waals surface area contributed by atoms with Crippen LogP contribution in [0.5, 0.6) is 0 Å². The third-order valence-electron chi connectivity index (χ3n) is 11.0. The fourth-order valence-corrected chi connectivity index (χ4v) is 7.64. The zero-order valence-electron chi connectivity index (χ0n) is 27.9. The number of carbonyl (C=O) groups excluding carboxylic acids is 1. The molecule has 11 heteroatoms. The number of nitrogens with zero attached hydrogens (tertiary/aromatic N) is 2. The number of fused-ring (bicyclic) bond motifs is 3. The Labute approximate surface area is 288 Å². The number of nitrogens with one attached hydrogen (secondary N) is 1. The van der Waals surface area contributed by atoms with Gasteiger partial charge >= 0.3 is 5.97 Å². The lowest BCUT2D eigenvalue weighted by Gasteiger charge is -2.36. The molecule has 262 valence electrons. The van der Waals surface area contributed by atoms with E-state index < -0.39 is 46.9 Å². The van der Waals surface area contributed by atoms with Crippen LogP contribution in [0.15, 0.2) is 59.1 Å². The van der Waals surface area contributed by atoms with Crippen LogP contribution in [0.4, 0.5) is 18.9 Å². The SMILES string of the molecule is C[C@@H](c1ccc2c(c1N)Cc1ccccc1-2)C1CCC1.O=C(N[C@@H]1CCN(CC2CC2)C[C@H]1C(=O)O)c1cc(-c2c(F)cc(F)cc2F)on1. The van der Waals surface area contributed by atoms with Crippen LogP contribution in [-0.2, 0) is 11.2 Å². The van der Waals surface area contributed by atoms with Crippen molar-refractivity contribution in [2.75, 3.05) is 25.4 Å². The minimum Gasteiger partial charge on any atom is -0.481 e. The van der Waals surface area contributed by atoms with Crippen LogP contribution >= 0.6 is 0 Å². The van der Waals surface area contributed by atoms with Crippen LogP contribution in [0.2, 0.25) is 0 Å². The summed E-state index contributed by atoms with van der Waals surface area (Å²) >= 11 is 0. The molecule has 0 spiro atoms. The van der Waals surface area contributed by atoms with Gasteiger partial charge in [0.1, 0.15) is 17.5 Å². The van der Waals surface area contributed by atoms with E-state index in [1.165, 1.54) is 47.1 Å². The number of piperidine rings is 1. The molecule has 0 radical (unpaired) electrons. The van der Waals surface area contributed by atoms with Gasteiger partial charge in [-0.15, -0.1) is 0 Å². The van der Waals surface area contributed by atoms with Gasteiger partial charge in [-0.2, -0.15) is 0 Å². The molecule has 3 atom stereocenters. The van der Waals surface area contributed by atoms with Gasteiger partial charge in [0, 0.05) is 56.0 Å². The smallest absolute Gasteiger partial charge is 0.309 e. The van der Waals surface area contributed by atoms with E-state index in [0.29, 0.717) is 43.5 Å². The molecule has 4 aromatic rings. The van der Waals surface area contributed by atoms with Crippen molar-refractivity contribution in [2.45, 2.75) is 63.8 Å². The number of rotatable bonds is 8. The van der Waals surface area contributed by atoms with Gasteiger partial charge in [0.05, 0.1) is 11.5 Å². The van der Waals surface area contributed by atoms with Crippen molar-refractivity contribution in [3.8, 4) is 22.5 Å². The van der Waals surface area contributed by atoms with E-state index in [4.69, 9.17) is 10.3 Å². The first kappa shape index (κ1) is 33.8. The number of aromatic nitrogens is 1. The first-order chi connectivity index (χ1) is 24.1. The fourth-order valence-electron chi connectivity index (χ4n) is 7.64. The van der Waals surface area contributed by atoms with Crippen molar-refractivity contribution >= 4 is 17.6 Å². The Morgan fingerprint density at radius 3 is 2.44 bits per heavy atom. The van der Waals surface area contributed by atoms with Gasteiger partial charge in [-0.1, -0.05) is 54.9 Å². The first-order valence-electron chi connectivity index (χ1n) is 17.4. The van der Waals surface area contributed by atoms with E-state index >= 15 is 0 Å². The quantitative estimate of drug-likeness (QED) is 0.145. The van der Waals surface area contributed by atoms with Crippen LogP contribution in [0, 0.1) is 35.2 Å². The number of nitrogens with two attached hydrogens (primary N) is 1. The number of nitrogen functional groups attached to an aromatic ring is 1. The molecule has 4 N–H and O–H groups in total. The number of amides is 1. The Bertz CT molecular complexity index is 1900. The van der Waals surface area contributed by atoms with Gasteiger partial charge in [-0.05, 0) is 77.7 Å². The fraction of sp³-hybridized carbons (Fsp3) is 0.410.